The normalized spacial score (nSPS) is 11.3. The summed E-state index contributed by atoms with van der Waals surface area (Å²) in [6.07, 6.45) is 0. The molecule has 0 amide bonds. The lowest BCUT2D eigenvalue weighted by atomic mass is 9.94. The Morgan fingerprint density at radius 1 is 0.173 bits per heavy atom. The zero-order valence-corrected chi connectivity index (χ0v) is 59.5. The van der Waals surface area contributed by atoms with Crippen molar-refractivity contribution < 1.29 is 8.83 Å². The third-order valence-electron chi connectivity index (χ3n) is 20.1. The van der Waals surface area contributed by atoms with Crippen LogP contribution in [0.1, 0.15) is 0 Å². The standard InChI is InChI=1S/C51H33N3O.C50H32N4O/c1-6-16-35(17-7-1)43-33-44(54-51(53-43)40-24-14-5-15-25-40)36-28-26-34(27-29-36)41-30-31-42-45(32-41)52-48(38-20-10-3-11-21-38)50-47(42)46(37-18-8-2-9-19-37)49(55-50)39-22-12-4-13-23-39;1-6-16-34(17-7-1)43-44-41-31-30-40(32-42(41)51-45(35-18-8-2-9-19-35)47(44)55-46(43)36-20-10-3-11-21-36)33-26-28-39(29-27-33)50-53-48(37-22-12-4-13-23-37)52-49(54-50)38-24-14-5-15-25-38/h1-33H;1-32H. The Balaban J connectivity index is 0.000000149. The molecule has 110 heavy (non-hydrogen) atoms. The fourth-order valence-corrected chi connectivity index (χ4v) is 14.7. The average Bonchev–Trinajstić information content (AvgIpc) is 1.56. The molecule has 14 aromatic carbocycles. The molecule has 0 spiro atoms. The minimum absolute atomic E-state index is 0.622. The molecule has 0 aliphatic heterocycles. The molecule has 0 atom stereocenters. The van der Waals surface area contributed by atoms with Crippen molar-refractivity contribution in [2.24, 2.45) is 0 Å². The van der Waals surface area contributed by atoms with Crippen LogP contribution in [0, 0.1) is 0 Å². The molecule has 6 heterocycles. The van der Waals surface area contributed by atoms with Crippen LogP contribution in [0.5, 0.6) is 0 Å². The molecular weight excluding hydrogens is 1340 g/mol. The van der Waals surface area contributed by atoms with E-state index < -0.39 is 0 Å². The Morgan fingerprint density at radius 2 is 0.418 bits per heavy atom. The Labute approximate surface area is 635 Å². The highest BCUT2D eigenvalue weighted by Gasteiger charge is 2.27. The molecule has 20 rings (SSSR count). The van der Waals surface area contributed by atoms with Crippen LogP contribution in [-0.4, -0.2) is 34.9 Å². The third kappa shape index (κ3) is 12.9. The van der Waals surface area contributed by atoms with E-state index in [9.17, 15) is 0 Å². The average molecular weight is 1410 g/mol. The summed E-state index contributed by atoms with van der Waals surface area (Å²) < 4.78 is 13.8. The Morgan fingerprint density at radius 3 is 0.755 bits per heavy atom. The molecule has 0 N–H and O–H groups in total. The second kappa shape index (κ2) is 29.2. The van der Waals surface area contributed by atoms with E-state index >= 15 is 0 Å². The lowest BCUT2D eigenvalue weighted by Gasteiger charge is -2.11. The van der Waals surface area contributed by atoms with Crippen molar-refractivity contribution in [2.45, 2.75) is 0 Å². The maximum atomic E-state index is 6.90. The van der Waals surface area contributed by atoms with E-state index in [0.29, 0.717) is 23.3 Å². The van der Waals surface area contributed by atoms with Crippen LogP contribution in [0.3, 0.4) is 0 Å². The Bertz CT molecular complexity index is 6150. The van der Waals surface area contributed by atoms with Crippen LogP contribution < -0.4 is 0 Å². The maximum Gasteiger partial charge on any atom is 0.164 e. The highest BCUT2D eigenvalue weighted by atomic mass is 16.3. The van der Waals surface area contributed by atoms with Gasteiger partial charge in [0.1, 0.15) is 22.9 Å². The zero-order valence-electron chi connectivity index (χ0n) is 59.5. The van der Waals surface area contributed by atoms with Gasteiger partial charge in [-0.15, -0.1) is 0 Å². The van der Waals surface area contributed by atoms with E-state index in [2.05, 4.69) is 243 Å². The molecule has 0 aliphatic carbocycles. The third-order valence-corrected chi connectivity index (χ3v) is 20.1. The molecule has 0 saturated carbocycles. The number of hydrogen-bond donors (Lipinski definition) is 0. The van der Waals surface area contributed by atoms with Gasteiger partial charge in [0, 0.05) is 88.3 Å². The van der Waals surface area contributed by atoms with Gasteiger partial charge in [0.2, 0.25) is 0 Å². The summed E-state index contributed by atoms with van der Waals surface area (Å²) in [6, 6.07) is 135. The van der Waals surface area contributed by atoms with Gasteiger partial charge in [0.25, 0.3) is 0 Å². The molecular formula is C101H65N7O2. The van der Waals surface area contributed by atoms with Crippen molar-refractivity contribution in [3.8, 4) is 158 Å². The van der Waals surface area contributed by atoms with E-state index in [1.165, 1.54) is 0 Å². The number of hydrogen-bond acceptors (Lipinski definition) is 9. The molecule has 0 fully saturated rings. The van der Waals surface area contributed by atoms with Crippen molar-refractivity contribution in [3.63, 3.8) is 0 Å². The minimum Gasteiger partial charge on any atom is -0.453 e. The van der Waals surface area contributed by atoms with Gasteiger partial charge < -0.3 is 8.83 Å². The Kier molecular flexibility index (Phi) is 17.5. The van der Waals surface area contributed by atoms with Gasteiger partial charge in [-0.2, -0.15) is 0 Å². The lowest BCUT2D eigenvalue weighted by molar-refractivity contribution is 0.632. The molecule has 0 unspecified atom stereocenters. The van der Waals surface area contributed by atoms with Crippen LogP contribution >= 0.6 is 0 Å². The van der Waals surface area contributed by atoms with Crippen LogP contribution in [0.15, 0.2) is 403 Å². The maximum absolute atomic E-state index is 6.90. The number of nitrogens with zero attached hydrogens (tertiary/aromatic N) is 7. The summed E-state index contributed by atoms with van der Waals surface area (Å²) in [6.45, 7) is 0. The summed E-state index contributed by atoms with van der Waals surface area (Å²) in [5.74, 6) is 4.27. The fraction of sp³-hybridized carbons (Fsp3) is 0. The van der Waals surface area contributed by atoms with Crippen molar-refractivity contribution in [1.82, 2.24) is 34.9 Å². The predicted molar refractivity (Wildman–Crippen MR) is 448 cm³/mol. The van der Waals surface area contributed by atoms with Crippen molar-refractivity contribution in [1.29, 1.82) is 0 Å². The smallest absolute Gasteiger partial charge is 0.164 e. The summed E-state index contributed by atoms with van der Waals surface area (Å²) in [7, 11) is 0. The van der Waals surface area contributed by atoms with Gasteiger partial charge in [-0.05, 0) is 51.6 Å². The molecule has 516 valence electrons. The van der Waals surface area contributed by atoms with E-state index in [1.54, 1.807) is 0 Å². The molecule has 9 nitrogen and oxygen atoms in total. The van der Waals surface area contributed by atoms with Crippen molar-refractivity contribution >= 4 is 43.7 Å². The quantitative estimate of drug-likeness (QED) is 0.105. The van der Waals surface area contributed by atoms with E-state index in [-0.39, 0.29) is 0 Å². The summed E-state index contributed by atoms with van der Waals surface area (Å²) >= 11 is 0. The van der Waals surface area contributed by atoms with Gasteiger partial charge >= 0.3 is 0 Å². The van der Waals surface area contributed by atoms with Gasteiger partial charge in [-0.3, -0.25) is 0 Å². The largest absolute Gasteiger partial charge is 0.453 e. The lowest BCUT2D eigenvalue weighted by Crippen LogP contribution is -2.00. The number of benzene rings is 14. The van der Waals surface area contributed by atoms with E-state index in [1.807, 2.05) is 152 Å². The SMILES string of the molecule is c1ccc(-c2cc(-c3ccc(-c4ccc5c(c4)nc(-c4ccccc4)c4oc(-c6ccccc6)c(-c6ccccc6)c45)cc3)nc(-c3ccccc3)n2)cc1.c1ccc(-c2nc(-c3ccccc3)nc(-c3ccc(-c4ccc5c(c4)nc(-c4ccccc4)c4oc(-c6ccccc6)c(-c6ccccc6)c45)cc3)n2)cc1. The van der Waals surface area contributed by atoms with Crippen LogP contribution in [0.2, 0.25) is 0 Å². The monoisotopic (exact) mass is 1410 g/mol. The number of pyridine rings is 2. The molecule has 0 radical (unpaired) electrons. The predicted octanol–water partition coefficient (Wildman–Crippen LogP) is 26.3. The van der Waals surface area contributed by atoms with Crippen LogP contribution in [0.4, 0.5) is 0 Å². The van der Waals surface area contributed by atoms with Gasteiger partial charge in [-0.1, -0.05) is 376 Å². The summed E-state index contributed by atoms with van der Waals surface area (Å²) in [4.78, 5) is 35.4. The second-order valence-corrected chi connectivity index (χ2v) is 27.0. The highest BCUT2D eigenvalue weighted by Crippen LogP contribution is 2.49. The number of aromatic nitrogens is 7. The second-order valence-electron chi connectivity index (χ2n) is 27.0. The minimum atomic E-state index is 0.622. The molecule has 0 aliphatic rings. The number of rotatable bonds is 14. The van der Waals surface area contributed by atoms with Gasteiger partial charge in [0.05, 0.1) is 22.4 Å². The Hall–Kier alpha value is -14.9. The highest BCUT2D eigenvalue weighted by molar-refractivity contribution is 6.20. The van der Waals surface area contributed by atoms with Gasteiger partial charge in [-0.25, -0.2) is 34.9 Å². The summed E-state index contributed by atoms with van der Waals surface area (Å²) in [5.41, 5.74) is 25.3. The fourth-order valence-electron chi connectivity index (χ4n) is 14.7. The van der Waals surface area contributed by atoms with Crippen LogP contribution in [0.25, 0.3) is 201 Å². The first kappa shape index (κ1) is 65.8. The summed E-state index contributed by atoms with van der Waals surface area (Å²) in [5, 5.41) is 4.19. The van der Waals surface area contributed by atoms with Crippen LogP contribution in [-0.2, 0) is 0 Å². The molecule has 6 aromatic heterocycles. The zero-order chi connectivity index (χ0) is 73.1. The van der Waals surface area contributed by atoms with E-state index in [0.717, 1.165) is 178 Å². The topological polar surface area (TPSA) is 117 Å². The van der Waals surface area contributed by atoms with Crippen molar-refractivity contribution in [2.75, 3.05) is 0 Å². The first-order valence-electron chi connectivity index (χ1n) is 36.7. The molecule has 9 heteroatoms. The molecule has 20 aromatic rings. The molecule has 0 bridgehead atoms. The van der Waals surface area contributed by atoms with E-state index in [4.69, 9.17) is 43.7 Å². The number of fused-ring (bicyclic) bond motifs is 6. The first-order valence-corrected chi connectivity index (χ1v) is 36.7. The molecule has 0 saturated heterocycles. The number of furan rings is 2. The van der Waals surface area contributed by atoms with Crippen molar-refractivity contribution in [3.05, 3.63) is 394 Å². The van der Waals surface area contributed by atoms with Gasteiger partial charge in [0.15, 0.2) is 34.5 Å². The first-order chi connectivity index (χ1) is 54.5.